The van der Waals surface area contributed by atoms with Gasteiger partial charge in [-0.3, -0.25) is 14.9 Å². The lowest BCUT2D eigenvalue weighted by atomic mass is 10.1. The van der Waals surface area contributed by atoms with E-state index in [2.05, 4.69) is 33.5 Å². The van der Waals surface area contributed by atoms with Crippen molar-refractivity contribution < 1.29 is 14.3 Å². The number of nitrogens with one attached hydrogen (secondary N) is 2. The molecule has 0 radical (unpaired) electrons. The molecule has 0 spiro atoms. The summed E-state index contributed by atoms with van der Waals surface area (Å²) in [6.07, 6.45) is 4.55. The lowest BCUT2D eigenvalue weighted by Gasteiger charge is -2.12. The summed E-state index contributed by atoms with van der Waals surface area (Å²) in [5.41, 5.74) is 1.66. The average molecular weight is 477 g/mol. The Bertz CT molecular complexity index is 886. The number of anilines is 1. The fourth-order valence-corrected chi connectivity index (χ4v) is 3.33. The van der Waals surface area contributed by atoms with Crippen molar-refractivity contribution in [3.05, 3.63) is 58.1 Å². The Labute approximate surface area is 185 Å². The van der Waals surface area contributed by atoms with E-state index in [1.54, 1.807) is 42.5 Å². The first-order valence-corrected chi connectivity index (χ1v) is 10.8. The molecule has 154 valence electrons. The number of ketones is 1. The molecule has 0 saturated heterocycles. The summed E-state index contributed by atoms with van der Waals surface area (Å²) in [5, 5.41) is 5.72. The zero-order valence-corrected chi connectivity index (χ0v) is 19.0. The van der Waals surface area contributed by atoms with Gasteiger partial charge in [0.1, 0.15) is 5.75 Å². The molecule has 5 nitrogen and oxygen atoms in total. The van der Waals surface area contributed by atoms with Crippen LogP contribution in [-0.2, 0) is 0 Å². The fraction of sp³-hybridized carbons (Fsp3) is 0.318. The maximum atomic E-state index is 12.5. The van der Waals surface area contributed by atoms with Crippen molar-refractivity contribution in [1.29, 1.82) is 0 Å². The molecule has 0 heterocycles. The number of ether oxygens (including phenoxy) is 1. The second-order valence-electron chi connectivity index (χ2n) is 6.60. The van der Waals surface area contributed by atoms with Gasteiger partial charge in [-0.05, 0) is 71.8 Å². The molecule has 0 unspecified atom stereocenters. The first-order chi connectivity index (χ1) is 13.9. The van der Waals surface area contributed by atoms with Crippen molar-refractivity contribution in [2.75, 3.05) is 11.9 Å². The number of thiocarbonyl (C=S) groups is 1. The van der Waals surface area contributed by atoms with Gasteiger partial charge in [-0.15, -0.1) is 0 Å². The van der Waals surface area contributed by atoms with Crippen molar-refractivity contribution in [3.63, 3.8) is 0 Å². The van der Waals surface area contributed by atoms with Crippen molar-refractivity contribution in [2.24, 2.45) is 0 Å². The first-order valence-electron chi connectivity index (χ1n) is 9.56. The molecule has 29 heavy (non-hydrogen) atoms. The maximum absolute atomic E-state index is 12.5. The second kappa shape index (κ2) is 11.7. The minimum Gasteiger partial charge on any atom is -0.492 e. The van der Waals surface area contributed by atoms with Crippen LogP contribution in [0.2, 0.25) is 0 Å². The van der Waals surface area contributed by atoms with Gasteiger partial charge in [-0.25, -0.2) is 0 Å². The summed E-state index contributed by atoms with van der Waals surface area (Å²) in [7, 11) is 0. The van der Waals surface area contributed by atoms with E-state index in [9.17, 15) is 9.59 Å². The van der Waals surface area contributed by atoms with Crippen molar-refractivity contribution in [3.8, 4) is 5.75 Å². The Kier molecular flexibility index (Phi) is 9.28. The highest BCUT2D eigenvalue weighted by molar-refractivity contribution is 9.10. The van der Waals surface area contributed by atoms with Crippen LogP contribution in [0.5, 0.6) is 5.75 Å². The number of carbonyl (C=O) groups excluding carboxylic acids is 2. The van der Waals surface area contributed by atoms with Crippen LogP contribution in [0.15, 0.2) is 46.9 Å². The third-order valence-electron chi connectivity index (χ3n) is 4.20. The van der Waals surface area contributed by atoms with Gasteiger partial charge in [0.05, 0.1) is 11.1 Å². The van der Waals surface area contributed by atoms with Crippen LogP contribution in [0.3, 0.4) is 0 Å². The number of benzene rings is 2. The lowest BCUT2D eigenvalue weighted by molar-refractivity contribution is 0.0975. The van der Waals surface area contributed by atoms with Gasteiger partial charge in [-0.1, -0.05) is 38.3 Å². The van der Waals surface area contributed by atoms with E-state index in [1.165, 1.54) is 19.8 Å². The highest BCUT2D eigenvalue weighted by Crippen LogP contribution is 2.26. The summed E-state index contributed by atoms with van der Waals surface area (Å²) in [4.78, 5) is 23.9. The van der Waals surface area contributed by atoms with Gasteiger partial charge < -0.3 is 10.1 Å². The van der Waals surface area contributed by atoms with E-state index in [4.69, 9.17) is 17.0 Å². The van der Waals surface area contributed by atoms with Gasteiger partial charge >= 0.3 is 0 Å². The fourth-order valence-electron chi connectivity index (χ4n) is 2.62. The summed E-state index contributed by atoms with van der Waals surface area (Å²) in [6, 6.07) is 12.1. The first kappa shape index (κ1) is 23.0. The maximum Gasteiger partial charge on any atom is 0.257 e. The van der Waals surface area contributed by atoms with E-state index in [0.717, 1.165) is 12.8 Å². The minimum absolute atomic E-state index is 0.0406. The molecule has 7 heteroatoms. The molecule has 0 aromatic heterocycles. The van der Waals surface area contributed by atoms with Gasteiger partial charge in [0.15, 0.2) is 10.9 Å². The number of Topliss-reactive ketones (excluding diaryl/α,β-unsaturated/α-hetero) is 1. The largest absolute Gasteiger partial charge is 0.492 e. The number of amides is 1. The van der Waals surface area contributed by atoms with Crippen LogP contribution in [0.25, 0.3) is 0 Å². The predicted molar refractivity (Wildman–Crippen MR) is 124 cm³/mol. The summed E-state index contributed by atoms with van der Waals surface area (Å²) >= 11 is 8.66. The van der Waals surface area contributed by atoms with Crippen LogP contribution in [0.4, 0.5) is 5.69 Å². The number of carbonyl (C=O) groups is 2. The third kappa shape index (κ3) is 7.59. The number of rotatable bonds is 9. The quantitative estimate of drug-likeness (QED) is 0.274. The highest BCUT2D eigenvalue weighted by Gasteiger charge is 2.11. The molecule has 2 aromatic carbocycles. The van der Waals surface area contributed by atoms with Gasteiger partial charge in [0, 0.05) is 16.8 Å². The van der Waals surface area contributed by atoms with E-state index in [-0.39, 0.29) is 16.8 Å². The van der Waals surface area contributed by atoms with Crippen LogP contribution >= 0.6 is 28.1 Å². The molecule has 0 aliphatic carbocycles. The van der Waals surface area contributed by atoms with Crippen LogP contribution in [-0.4, -0.2) is 23.4 Å². The van der Waals surface area contributed by atoms with E-state index in [1.807, 2.05) is 0 Å². The monoisotopic (exact) mass is 476 g/mol. The summed E-state index contributed by atoms with van der Waals surface area (Å²) < 4.78 is 6.48. The molecule has 2 aromatic rings. The average Bonchev–Trinajstić information content (AvgIpc) is 2.68. The third-order valence-corrected chi connectivity index (χ3v) is 5.03. The standard InChI is InChI=1S/C22H25BrN2O3S/c1-3-4-5-6-12-28-20-11-10-17(14-19(20)23)21(27)25-22(29)24-18-9-7-8-16(13-18)15(2)26/h7-11,13-14H,3-6,12H2,1-2H3,(H2,24,25,27,29). The Hall–Kier alpha value is -2.25. The van der Waals surface area contributed by atoms with Crippen molar-refractivity contribution >= 4 is 50.6 Å². The molecule has 0 aliphatic heterocycles. The zero-order chi connectivity index (χ0) is 21.2. The molecular weight excluding hydrogens is 452 g/mol. The normalized spacial score (nSPS) is 10.3. The van der Waals surface area contributed by atoms with Crippen LogP contribution in [0.1, 0.15) is 60.2 Å². The molecule has 0 bridgehead atoms. The number of hydrogen-bond acceptors (Lipinski definition) is 4. The molecule has 0 aliphatic rings. The van der Waals surface area contributed by atoms with Gasteiger partial charge in [0.25, 0.3) is 5.91 Å². The van der Waals surface area contributed by atoms with Crippen LogP contribution in [0, 0.1) is 0 Å². The molecule has 1 amide bonds. The topological polar surface area (TPSA) is 67.4 Å². The van der Waals surface area contributed by atoms with Gasteiger partial charge in [-0.2, -0.15) is 0 Å². The van der Waals surface area contributed by atoms with Crippen molar-refractivity contribution in [2.45, 2.75) is 39.5 Å². The summed E-state index contributed by atoms with van der Waals surface area (Å²) in [5.74, 6) is 0.335. The lowest BCUT2D eigenvalue weighted by Crippen LogP contribution is -2.34. The Morgan fingerprint density at radius 3 is 2.55 bits per heavy atom. The molecule has 2 rings (SSSR count). The smallest absolute Gasteiger partial charge is 0.257 e. The molecular formula is C22H25BrN2O3S. The Morgan fingerprint density at radius 2 is 1.86 bits per heavy atom. The number of hydrogen-bond donors (Lipinski definition) is 2. The second-order valence-corrected chi connectivity index (χ2v) is 7.86. The molecule has 0 atom stereocenters. The SMILES string of the molecule is CCCCCCOc1ccc(C(=O)NC(=S)Nc2cccc(C(C)=O)c2)cc1Br. The predicted octanol–water partition coefficient (Wildman–Crippen LogP) is 5.74. The van der Waals surface area contributed by atoms with E-state index >= 15 is 0 Å². The number of halogens is 1. The summed E-state index contributed by atoms with van der Waals surface area (Å²) in [6.45, 7) is 4.32. The Morgan fingerprint density at radius 1 is 1.07 bits per heavy atom. The molecule has 2 N–H and O–H groups in total. The molecule has 0 saturated carbocycles. The van der Waals surface area contributed by atoms with Gasteiger partial charge in [0.2, 0.25) is 0 Å². The van der Waals surface area contributed by atoms with E-state index < -0.39 is 0 Å². The highest BCUT2D eigenvalue weighted by atomic mass is 79.9. The van der Waals surface area contributed by atoms with Crippen LogP contribution < -0.4 is 15.4 Å². The minimum atomic E-state index is -0.333. The zero-order valence-electron chi connectivity index (χ0n) is 16.6. The van der Waals surface area contributed by atoms with Crippen molar-refractivity contribution in [1.82, 2.24) is 5.32 Å². The number of unbranched alkanes of at least 4 members (excludes halogenated alkanes) is 3. The van der Waals surface area contributed by atoms with E-state index in [0.29, 0.717) is 33.6 Å². The Balaban J connectivity index is 1.91. The molecule has 0 fully saturated rings.